The average Bonchev–Trinajstić information content (AvgIpc) is 3.16. The van der Waals surface area contributed by atoms with Crippen molar-refractivity contribution in [1.82, 2.24) is 14.8 Å². The number of halogens is 1. The lowest BCUT2D eigenvalue weighted by molar-refractivity contribution is -0.384. The number of non-ortho nitro benzene ring substituents is 1. The van der Waals surface area contributed by atoms with E-state index >= 15 is 0 Å². The number of anilines is 1. The Kier molecular flexibility index (Phi) is 5.77. The fourth-order valence-corrected chi connectivity index (χ4v) is 2.64. The van der Waals surface area contributed by atoms with Crippen molar-refractivity contribution in [3.63, 3.8) is 0 Å². The van der Waals surface area contributed by atoms with Crippen LogP contribution in [0.4, 0.5) is 11.4 Å². The molecule has 138 valence electrons. The first-order valence-electron chi connectivity index (χ1n) is 7.84. The molecule has 0 saturated heterocycles. The predicted octanol–water partition coefficient (Wildman–Crippen LogP) is 3.35. The smallest absolute Gasteiger partial charge is 0.269 e. The van der Waals surface area contributed by atoms with Gasteiger partial charge in [0, 0.05) is 16.6 Å². The highest BCUT2D eigenvalue weighted by Crippen LogP contribution is 2.24. The largest absolute Gasteiger partial charge is 0.493 e. The van der Waals surface area contributed by atoms with E-state index in [1.54, 1.807) is 10.7 Å². The van der Waals surface area contributed by atoms with E-state index in [-0.39, 0.29) is 24.6 Å². The molecular formula is C17H14BrN5O4. The van der Waals surface area contributed by atoms with E-state index < -0.39 is 4.92 Å². The molecule has 3 aromatic rings. The maximum absolute atomic E-state index is 12.2. The predicted molar refractivity (Wildman–Crippen MR) is 101 cm³/mol. The Hall–Kier alpha value is -3.27. The Morgan fingerprint density at radius 3 is 2.70 bits per heavy atom. The summed E-state index contributed by atoms with van der Waals surface area (Å²) in [7, 11) is 0. The molecule has 0 aliphatic rings. The van der Waals surface area contributed by atoms with Gasteiger partial charge in [-0.05, 0) is 30.3 Å². The molecular weight excluding hydrogens is 418 g/mol. The van der Waals surface area contributed by atoms with Crippen molar-refractivity contribution < 1.29 is 14.5 Å². The summed E-state index contributed by atoms with van der Waals surface area (Å²) in [6.07, 6.45) is 3.06. The summed E-state index contributed by atoms with van der Waals surface area (Å²) in [5.74, 6) is 0.218. The lowest BCUT2D eigenvalue weighted by Crippen LogP contribution is -2.16. The lowest BCUT2D eigenvalue weighted by Gasteiger charge is -2.12. The second kappa shape index (κ2) is 8.41. The van der Waals surface area contributed by atoms with Crippen LogP contribution >= 0.6 is 15.9 Å². The van der Waals surface area contributed by atoms with Gasteiger partial charge in [-0.2, -0.15) is 5.10 Å². The van der Waals surface area contributed by atoms with Crippen molar-refractivity contribution >= 4 is 33.2 Å². The molecule has 0 radical (unpaired) electrons. The monoisotopic (exact) mass is 431 g/mol. The fourth-order valence-electron chi connectivity index (χ4n) is 2.28. The first kappa shape index (κ1) is 18.5. The number of nitro groups is 1. The van der Waals surface area contributed by atoms with E-state index in [4.69, 9.17) is 4.74 Å². The van der Waals surface area contributed by atoms with Gasteiger partial charge in [-0.25, -0.2) is 9.67 Å². The third kappa shape index (κ3) is 4.88. The number of nitrogens with one attached hydrogen (secondary N) is 1. The molecule has 0 aliphatic heterocycles. The molecule has 1 aromatic heterocycles. The van der Waals surface area contributed by atoms with Crippen molar-refractivity contribution in [2.24, 2.45) is 0 Å². The average molecular weight is 432 g/mol. The molecule has 0 atom stereocenters. The van der Waals surface area contributed by atoms with Gasteiger partial charge >= 0.3 is 0 Å². The van der Waals surface area contributed by atoms with E-state index in [0.29, 0.717) is 17.1 Å². The maximum atomic E-state index is 12.2. The Bertz CT molecular complexity index is 944. The van der Waals surface area contributed by atoms with Crippen molar-refractivity contribution in [2.45, 2.75) is 6.42 Å². The zero-order valence-corrected chi connectivity index (χ0v) is 15.5. The second-order valence-electron chi connectivity index (χ2n) is 5.40. The minimum atomic E-state index is -0.484. The van der Waals surface area contributed by atoms with Crippen LogP contribution < -0.4 is 10.1 Å². The molecule has 1 amide bonds. The number of nitro benzene ring substituents is 1. The Morgan fingerprint density at radius 1 is 1.26 bits per heavy atom. The van der Waals surface area contributed by atoms with Crippen LogP contribution in [0.25, 0.3) is 5.69 Å². The molecule has 0 saturated carbocycles. The van der Waals surface area contributed by atoms with Gasteiger partial charge in [0.25, 0.3) is 5.69 Å². The summed E-state index contributed by atoms with van der Waals surface area (Å²) in [5, 5.41) is 17.5. The zero-order chi connectivity index (χ0) is 19.2. The molecule has 2 aromatic carbocycles. The number of carbonyl (C=O) groups is 1. The number of carbonyl (C=O) groups excluding carboxylic acids is 1. The van der Waals surface area contributed by atoms with E-state index in [9.17, 15) is 14.9 Å². The van der Waals surface area contributed by atoms with Gasteiger partial charge in [0.1, 0.15) is 18.4 Å². The van der Waals surface area contributed by atoms with Crippen molar-refractivity contribution in [1.29, 1.82) is 0 Å². The van der Waals surface area contributed by atoms with Crippen LogP contribution in [0.5, 0.6) is 5.75 Å². The van der Waals surface area contributed by atoms with Gasteiger partial charge in [-0.1, -0.05) is 15.9 Å². The normalized spacial score (nSPS) is 10.4. The Morgan fingerprint density at radius 2 is 2.04 bits per heavy atom. The van der Waals surface area contributed by atoms with Crippen LogP contribution in [-0.2, 0) is 4.79 Å². The standard InChI is InChI=1S/C17H14BrN5O4/c18-12-1-6-16(22-11-19-10-20-22)15(9-12)21-17(24)7-8-27-14-4-2-13(3-5-14)23(25)26/h1-6,9-11H,7-8H2,(H,21,24). The quantitative estimate of drug-likeness (QED) is 0.453. The van der Waals surface area contributed by atoms with Gasteiger partial charge in [-0.15, -0.1) is 0 Å². The van der Waals surface area contributed by atoms with Gasteiger partial charge in [0.15, 0.2) is 0 Å². The lowest BCUT2D eigenvalue weighted by atomic mass is 10.2. The van der Waals surface area contributed by atoms with E-state index in [0.717, 1.165) is 4.47 Å². The minimum absolute atomic E-state index is 0.0182. The summed E-state index contributed by atoms with van der Waals surface area (Å²) < 4.78 is 7.82. The Labute approximate surface area is 162 Å². The third-order valence-electron chi connectivity index (χ3n) is 3.54. The highest BCUT2D eigenvalue weighted by molar-refractivity contribution is 9.10. The van der Waals surface area contributed by atoms with E-state index in [1.165, 1.54) is 36.9 Å². The minimum Gasteiger partial charge on any atom is -0.493 e. The number of nitrogens with zero attached hydrogens (tertiary/aromatic N) is 4. The number of hydrogen-bond acceptors (Lipinski definition) is 6. The molecule has 0 unspecified atom stereocenters. The molecule has 0 fully saturated rings. The van der Waals surface area contributed by atoms with E-state index in [1.807, 2.05) is 12.1 Å². The molecule has 9 nitrogen and oxygen atoms in total. The van der Waals surface area contributed by atoms with Gasteiger partial charge in [-0.3, -0.25) is 14.9 Å². The highest BCUT2D eigenvalue weighted by atomic mass is 79.9. The third-order valence-corrected chi connectivity index (χ3v) is 4.04. The number of ether oxygens (including phenoxy) is 1. The molecule has 10 heteroatoms. The number of amides is 1. The number of benzene rings is 2. The molecule has 3 rings (SSSR count). The SMILES string of the molecule is O=C(CCOc1ccc([N+](=O)[O-])cc1)Nc1cc(Br)ccc1-n1cncn1. The molecule has 0 aliphatic carbocycles. The number of hydrogen-bond donors (Lipinski definition) is 1. The fraction of sp³-hybridized carbons (Fsp3) is 0.118. The van der Waals surface area contributed by atoms with Gasteiger partial charge in [0.05, 0.1) is 29.3 Å². The summed E-state index contributed by atoms with van der Waals surface area (Å²) in [6, 6.07) is 11.1. The van der Waals surface area contributed by atoms with Crippen LogP contribution in [-0.4, -0.2) is 32.2 Å². The second-order valence-corrected chi connectivity index (χ2v) is 6.31. The van der Waals surface area contributed by atoms with Gasteiger partial charge in [0.2, 0.25) is 5.91 Å². The summed E-state index contributed by atoms with van der Waals surface area (Å²) in [5.41, 5.74) is 1.24. The van der Waals surface area contributed by atoms with Crippen molar-refractivity contribution in [3.8, 4) is 11.4 Å². The molecule has 1 heterocycles. The maximum Gasteiger partial charge on any atom is 0.269 e. The molecule has 0 spiro atoms. The summed E-state index contributed by atoms with van der Waals surface area (Å²) >= 11 is 3.38. The highest BCUT2D eigenvalue weighted by Gasteiger charge is 2.11. The topological polar surface area (TPSA) is 112 Å². The van der Waals surface area contributed by atoms with Crippen LogP contribution in [0.15, 0.2) is 59.6 Å². The van der Waals surface area contributed by atoms with Crippen LogP contribution in [0.1, 0.15) is 6.42 Å². The first-order chi connectivity index (χ1) is 13.0. The number of aromatic nitrogens is 3. The van der Waals surface area contributed by atoms with Crippen molar-refractivity contribution in [3.05, 3.63) is 69.7 Å². The van der Waals surface area contributed by atoms with Gasteiger partial charge < -0.3 is 10.1 Å². The Balaban J connectivity index is 1.58. The van der Waals surface area contributed by atoms with Crippen LogP contribution in [0.3, 0.4) is 0 Å². The van der Waals surface area contributed by atoms with E-state index in [2.05, 4.69) is 31.3 Å². The van der Waals surface area contributed by atoms with Crippen LogP contribution in [0.2, 0.25) is 0 Å². The van der Waals surface area contributed by atoms with Crippen molar-refractivity contribution in [2.75, 3.05) is 11.9 Å². The molecule has 27 heavy (non-hydrogen) atoms. The summed E-state index contributed by atoms with van der Waals surface area (Å²) in [4.78, 5) is 26.3. The summed E-state index contributed by atoms with van der Waals surface area (Å²) in [6.45, 7) is 0.135. The molecule has 0 bridgehead atoms. The zero-order valence-electron chi connectivity index (χ0n) is 13.9. The van der Waals surface area contributed by atoms with Crippen LogP contribution in [0, 0.1) is 10.1 Å². The molecule has 1 N–H and O–H groups in total. The number of rotatable bonds is 7. The first-order valence-corrected chi connectivity index (χ1v) is 8.64.